The predicted octanol–water partition coefficient (Wildman–Crippen LogP) is 5.67. The lowest BCUT2D eigenvalue weighted by Gasteiger charge is -2.16. The van der Waals surface area contributed by atoms with E-state index in [0.717, 1.165) is 27.9 Å². The number of nitrogens with one attached hydrogen (secondary N) is 1. The van der Waals surface area contributed by atoms with Gasteiger partial charge in [0.1, 0.15) is 11.4 Å². The summed E-state index contributed by atoms with van der Waals surface area (Å²) in [5, 5.41) is 3.83. The van der Waals surface area contributed by atoms with Gasteiger partial charge in [-0.25, -0.2) is 0 Å². The van der Waals surface area contributed by atoms with Crippen molar-refractivity contribution in [2.45, 2.75) is 27.3 Å². The molecule has 0 saturated heterocycles. The second-order valence-corrected chi connectivity index (χ2v) is 8.61. The van der Waals surface area contributed by atoms with Gasteiger partial charge in [0.25, 0.3) is 11.8 Å². The van der Waals surface area contributed by atoms with Gasteiger partial charge in [-0.3, -0.25) is 14.5 Å². The Morgan fingerprint density at radius 2 is 1.58 bits per heavy atom. The first-order valence-electron chi connectivity index (χ1n) is 10.6. The zero-order chi connectivity index (χ0) is 23.7. The molecule has 5 nitrogen and oxygen atoms in total. The molecule has 2 amide bonds. The minimum absolute atomic E-state index is 0.167. The highest BCUT2D eigenvalue weighted by Crippen LogP contribution is 2.33. The van der Waals surface area contributed by atoms with E-state index < -0.39 is 0 Å². The van der Waals surface area contributed by atoms with Gasteiger partial charge in [0.2, 0.25) is 0 Å². The van der Waals surface area contributed by atoms with E-state index in [1.165, 1.54) is 4.90 Å². The molecule has 4 rings (SSSR count). The highest BCUT2D eigenvalue weighted by molar-refractivity contribution is 6.36. The third-order valence-corrected chi connectivity index (χ3v) is 6.15. The first-order valence-corrected chi connectivity index (χ1v) is 11.0. The molecular weight excluding hydrogens is 436 g/mol. The molecule has 0 spiro atoms. The van der Waals surface area contributed by atoms with Gasteiger partial charge < -0.3 is 10.1 Å². The van der Waals surface area contributed by atoms with Gasteiger partial charge in [0.05, 0.1) is 19.2 Å². The highest BCUT2D eigenvalue weighted by atomic mass is 35.5. The molecule has 1 heterocycles. The molecule has 168 valence electrons. The van der Waals surface area contributed by atoms with E-state index in [1.807, 2.05) is 75.4 Å². The molecule has 0 unspecified atom stereocenters. The van der Waals surface area contributed by atoms with Crippen molar-refractivity contribution in [2.75, 3.05) is 12.4 Å². The fraction of sp³-hybridized carbons (Fsp3) is 0.185. The number of hydrogen-bond donors (Lipinski definition) is 1. The quantitative estimate of drug-likeness (QED) is 0.482. The number of halogens is 1. The van der Waals surface area contributed by atoms with Gasteiger partial charge in [0.15, 0.2) is 0 Å². The van der Waals surface area contributed by atoms with Crippen LogP contribution in [0.25, 0.3) is 5.57 Å². The summed E-state index contributed by atoms with van der Waals surface area (Å²) in [5.41, 5.74) is 5.95. The summed E-state index contributed by atoms with van der Waals surface area (Å²) >= 11 is 6.10. The summed E-state index contributed by atoms with van der Waals surface area (Å²) in [5.74, 6) is 0.0268. The third kappa shape index (κ3) is 4.50. The number of benzene rings is 3. The summed E-state index contributed by atoms with van der Waals surface area (Å²) in [6.45, 7) is 6.08. The monoisotopic (exact) mass is 460 g/mol. The van der Waals surface area contributed by atoms with Crippen molar-refractivity contribution >= 4 is 34.7 Å². The van der Waals surface area contributed by atoms with Gasteiger partial charge in [0, 0.05) is 10.7 Å². The van der Waals surface area contributed by atoms with Crippen molar-refractivity contribution in [1.29, 1.82) is 0 Å². The minimum Gasteiger partial charge on any atom is -0.497 e. The van der Waals surface area contributed by atoms with Crippen LogP contribution < -0.4 is 10.1 Å². The van der Waals surface area contributed by atoms with E-state index in [0.29, 0.717) is 21.9 Å². The third-order valence-electron chi connectivity index (χ3n) is 5.91. The zero-order valence-corrected chi connectivity index (χ0v) is 19.8. The van der Waals surface area contributed by atoms with E-state index in [1.54, 1.807) is 13.2 Å². The highest BCUT2D eigenvalue weighted by Gasteiger charge is 2.39. The van der Waals surface area contributed by atoms with Crippen LogP contribution in [-0.4, -0.2) is 23.8 Å². The van der Waals surface area contributed by atoms with Crippen molar-refractivity contribution in [3.63, 3.8) is 0 Å². The van der Waals surface area contributed by atoms with Crippen LogP contribution in [0.5, 0.6) is 5.75 Å². The van der Waals surface area contributed by atoms with Crippen LogP contribution in [-0.2, 0) is 16.1 Å². The predicted molar refractivity (Wildman–Crippen MR) is 131 cm³/mol. The molecule has 0 atom stereocenters. The smallest absolute Gasteiger partial charge is 0.278 e. The van der Waals surface area contributed by atoms with Crippen molar-refractivity contribution in [1.82, 2.24) is 4.90 Å². The Morgan fingerprint density at radius 1 is 0.848 bits per heavy atom. The van der Waals surface area contributed by atoms with Crippen LogP contribution in [0.3, 0.4) is 0 Å². The van der Waals surface area contributed by atoms with Crippen LogP contribution in [0, 0.1) is 20.8 Å². The second-order valence-electron chi connectivity index (χ2n) is 8.18. The van der Waals surface area contributed by atoms with Gasteiger partial charge in [-0.1, -0.05) is 41.9 Å². The summed E-state index contributed by atoms with van der Waals surface area (Å²) in [7, 11) is 1.60. The van der Waals surface area contributed by atoms with Gasteiger partial charge in [-0.05, 0) is 78.9 Å². The van der Waals surface area contributed by atoms with Gasteiger partial charge in [-0.15, -0.1) is 0 Å². The fourth-order valence-electron chi connectivity index (χ4n) is 3.82. The van der Waals surface area contributed by atoms with Crippen molar-refractivity contribution in [3.05, 3.63) is 99.2 Å². The molecule has 0 aromatic heterocycles. The SMILES string of the molecule is COc1ccc(CN2C(=O)C(Nc3ccc(Cl)cc3C)=C(c3ccc(C)c(C)c3)C2=O)cc1. The first-order chi connectivity index (χ1) is 15.8. The maximum atomic E-state index is 13.5. The number of imide groups is 1. The fourth-order valence-corrected chi connectivity index (χ4v) is 4.04. The zero-order valence-electron chi connectivity index (χ0n) is 19.0. The van der Waals surface area contributed by atoms with E-state index >= 15 is 0 Å². The largest absolute Gasteiger partial charge is 0.497 e. The molecule has 1 N–H and O–H groups in total. The molecule has 0 bridgehead atoms. The molecule has 0 saturated carbocycles. The second kappa shape index (κ2) is 9.12. The minimum atomic E-state index is -0.363. The average molecular weight is 461 g/mol. The van der Waals surface area contributed by atoms with Crippen LogP contribution in [0.15, 0.2) is 66.4 Å². The standard InChI is InChI=1S/C27H25ClN2O3/c1-16-5-8-20(13-17(16)2)24-25(29-23-12-9-21(28)14-18(23)3)27(32)30(26(24)31)15-19-6-10-22(33-4)11-7-19/h5-14,29H,15H2,1-4H3. The normalized spacial score (nSPS) is 13.7. The van der Waals surface area contributed by atoms with E-state index in [4.69, 9.17) is 16.3 Å². The molecule has 6 heteroatoms. The molecule has 0 radical (unpaired) electrons. The molecule has 1 aliphatic rings. The van der Waals surface area contributed by atoms with Crippen molar-refractivity contribution in [2.24, 2.45) is 0 Å². The number of anilines is 1. The number of nitrogens with zero attached hydrogens (tertiary/aromatic N) is 1. The van der Waals surface area contributed by atoms with Crippen LogP contribution >= 0.6 is 11.6 Å². The van der Waals surface area contributed by atoms with Crippen molar-refractivity contribution in [3.8, 4) is 5.75 Å². The maximum Gasteiger partial charge on any atom is 0.278 e. The summed E-state index contributed by atoms with van der Waals surface area (Å²) in [6.07, 6.45) is 0. The summed E-state index contributed by atoms with van der Waals surface area (Å²) in [6, 6.07) is 18.5. The molecule has 3 aromatic carbocycles. The number of ether oxygens (including phenoxy) is 1. The number of amides is 2. The van der Waals surface area contributed by atoms with Crippen LogP contribution in [0.4, 0.5) is 5.69 Å². The van der Waals surface area contributed by atoms with E-state index in [9.17, 15) is 9.59 Å². The topological polar surface area (TPSA) is 58.6 Å². The van der Waals surface area contributed by atoms with E-state index in [2.05, 4.69) is 5.32 Å². The number of hydrogen-bond acceptors (Lipinski definition) is 4. The van der Waals surface area contributed by atoms with Gasteiger partial charge >= 0.3 is 0 Å². The number of carbonyl (C=O) groups excluding carboxylic acids is 2. The molecular formula is C27H25ClN2O3. The van der Waals surface area contributed by atoms with Gasteiger partial charge in [-0.2, -0.15) is 0 Å². The molecule has 3 aromatic rings. The Hall–Kier alpha value is -3.57. The number of aryl methyl sites for hydroxylation is 3. The lowest BCUT2D eigenvalue weighted by molar-refractivity contribution is -0.137. The van der Waals surface area contributed by atoms with Crippen LogP contribution in [0.1, 0.15) is 27.8 Å². The first kappa shape index (κ1) is 22.6. The molecule has 33 heavy (non-hydrogen) atoms. The van der Waals surface area contributed by atoms with Crippen molar-refractivity contribution < 1.29 is 14.3 Å². The number of methoxy groups -OCH3 is 1. The Kier molecular flexibility index (Phi) is 6.25. The Bertz CT molecular complexity index is 1280. The number of rotatable bonds is 6. The van der Waals surface area contributed by atoms with E-state index in [-0.39, 0.29) is 24.1 Å². The lowest BCUT2D eigenvalue weighted by Crippen LogP contribution is -2.32. The molecule has 0 aliphatic carbocycles. The Morgan fingerprint density at radius 3 is 2.21 bits per heavy atom. The van der Waals surface area contributed by atoms with Crippen LogP contribution in [0.2, 0.25) is 5.02 Å². The number of carbonyl (C=O) groups is 2. The summed E-state index contributed by atoms with van der Waals surface area (Å²) in [4.78, 5) is 28.3. The molecule has 1 aliphatic heterocycles. The maximum absolute atomic E-state index is 13.5. The molecule has 0 fully saturated rings. The Labute approximate surface area is 198 Å². The summed E-state index contributed by atoms with van der Waals surface area (Å²) < 4.78 is 5.21. The lowest BCUT2D eigenvalue weighted by atomic mass is 9.99. The average Bonchev–Trinajstić information content (AvgIpc) is 3.02. The Balaban J connectivity index is 1.75.